The van der Waals surface area contributed by atoms with Crippen LogP contribution in [0.15, 0.2) is 18.2 Å². The molecule has 0 amide bonds. The van der Waals surface area contributed by atoms with Crippen LogP contribution in [0, 0.1) is 0 Å². The van der Waals surface area contributed by atoms with Gasteiger partial charge in [0.1, 0.15) is 5.75 Å². The minimum Gasteiger partial charge on any atom is -0.497 e. The van der Waals surface area contributed by atoms with Crippen LogP contribution >= 0.6 is 0 Å². The summed E-state index contributed by atoms with van der Waals surface area (Å²) in [4.78, 5) is 0. The molecule has 1 aromatic carbocycles. The molecular formula is C14H20O3. The second kappa shape index (κ2) is 5.07. The molecule has 2 rings (SSSR count). The van der Waals surface area contributed by atoms with Gasteiger partial charge in [-0.2, -0.15) is 0 Å². The fourth-order valence-corrected chi connectivity index (χ4v) is 2.37. The first-order valence-electron chi connectivity index (χ1n) is 6.21. The molecule has 0 radical (unpaired) electrons. The maximum Gasteiger partial charge on any atom is 0.194 e. The minimum absolute atomic E-state index is 0.544. The van der Waals surface area contributed by atoms with Gasteiger partial charge in [-0.05, 0) is 30.2 Å². The van der Waals surface area contributed by atoms with Gasteiger partial charge >= 0.3 is 0 Å². The molecule has 3 heteroatoms. The zero-order chi connectivity index (χ0) is 12.3. The van der Waals surface area contributed by atoms with E-state index in [0.717, 1.165) is 24.2 Å². The molecule has 1 aromatic rings. The van der Waals surface area contributed by atoms with Crippen molar-refractivity contribution in [3.05, 3.63) is 29.3 Å². The molecule has 0 N–H and O–H groups in total. The first kappa shape index (κ1) is 12.4. The van der Waals surface area contributed by atoms with Gasteiger partial charge in [-0.1, -0.05) is 13.8 Å². The van der Waals surface area contributed by atoms with Gasteiger partial charge in [0.15, 0.2) is 5.79 Å². The van der Waals surface area contributed by atoms with Crippen molar-refractivity contribution in [1.29, 1.82) is 0 Å². The normalized spacial score (nSPS) is 18.3. The van der Waals surface area contributed by atoms with Crippen molar-refractivity contribution < 1.29 is 14.2 Å². The van der Waals surface area contributed by atoms with Crippen LogP contribution in [0.5, 0.6) is 5.75 Å². The second-order valence-electron chi connectivity index (χ2n) is 4.18. The molecule has 0 aliphatic carbocycles. The number of rotatable bonds is 4. The van der Waals surface area contributed by atoms with Crippen molar-refractivity contribution in [2.45, 2.75) is 32.5 Å². The zero-order valence-electron chi connectivity index (χ0n) is 10.8. The van der Waals surface area contributed by atoms with Crippen LogP contribution in [0.1, 0.15) is 31.4 Å². The average molecular weight is 236 g/mol. The number of hydrogen-bond donors (Lipinski definition) is 0. The number of hydrogen-bond acceptors (Lipinski definition) is 3. The summed E-state index contributed by atoms with van der Waals surface area (Å²) in [5.74, 6) is 0.340. The van der Waals surface area contributed by atoms with Gasteiger partial charge in [-0.3, -0.25) is 0 Å². The van der Waals surface area contributed by atoms with Crippen molar-refractivity contribution in [3.63, 3.8) is 0 Å². The van der Waals surface area contributed by atoms with E-state index in [2.05, 4.69) is 26.0 Å². The van der Waals surface area contributed by atoms with E-state index in [4.69, 9.17) is 14.2 Å². The van der Waals surface area contributed by atoms with Crippen molar-refractivity contribution in [3.8, 4) is 5.75 Å². The third kappa shape index (κ3) is 2.17. The highest BCUT2D eigenvalue weighted by Gasteiger charge is 2.38. The molecule has 94 valence electrons. The Bertz CT molecular complexity index is 381. The monoisotopic (exact) mass is 236 g/mol. The van der Waals surface area contributed by atoms with E-state index in [1.54, 1.807) is 7.11 Å². The summed E-state index contributed by atoms with van der Waals surface area (Å²) in [6.07, 6.45) is 1.77. The molecule has 1 aliphatic rings. The number of benzene rings is 1. The zero-order valence-corrected chi connectivity index (χ0v) is 10.8. The van der Waals surface area contributed by atoms with E-state index in [9.17, 15) is 0 Å². The lowest BCUT2D eigenvalue weighted by atomic mass is 9.95. The molecule has 0 spiro atoms. The summed E-state index contributed by atoms with van der Waals surface area (Å²) in [6, 6.07) is 6.10. The lowest BCUT2D eigenvalue weighted by Crippen LogP contribution is -2.27. The molecule has 1 saturated heterocycles. The maximum atomic E-state index is 5.83. The first-order chi connectivity index (χ1) is 8.25. The molecule has 1 aliphatic heterocycles. The van der Waals surface area contributed by atoms with Crippen LogP contribution in [-0.2, 0) is 21.7 Å². The highest BCUT2D eigenvalue weighted by atomic mass is 16.7. The molecule has 0 unspecified atom stereocenters. The van der Waals surface area contributed by atoms with Crippen molar-refractivity contribution in [1.82, 2.24) is 0 Å². The fourth-order valence-electron chi connectivity index (χ4n) is 2.37. The molecular weight excluding hydrogens is 216 g/mol. The maximum absolute atomic E-state index is 5.83. The number of aryl methyl sites for hydroxylation is 1. The SMILES string of the molecule is CCc1cc(OC)ccc1C1(CC)OCCO1. The van der Waals surface area contributed by atoms with Crippen LogP contribution in [0.25, 0.3) is 0 Å². The third-order valence-corrected chi connectivity index (χ3v) is 3.32. The van der Waals surface area contributed by atoms with E-state index in [1.165, 1.54) is 5.56 Å². The summed E-state index contributed by atoms with van der Waals surface area (Å²) < 4.78 is 16.9. The van der Waals surface area contributed by atoms with Gasteiger partial charge in [0.05, 0.1) is 20.3 Å². The van der Waals surface area contributed by atoms with E-state index in [1.807, 2.05) is 6.07 Å². The molecule has 17 heavy (non-hydrogen) atoms. The predicted molar refractivity (Wildman–Crippen MR) is 66.2 cm³/mol. The van der Waals surface area contributed by atoms with E-state index < -0.39 is 5.79 Å². The van der Waals surface area contributed by atoms with Crippen LogP contribution in [-0.4, -0.2) is 20.3 Å². The molecule has 0 atom stereocenters. The summed E-state index contributed by atoms with van der Waals surface area (Å²) >= 11 is 0. The van der Waals surface area contributed by atoms with Crippen molar-refractivity contribution in [2.24, 2.45) is 0 Å². The molecule has 1 heterocycles. The molecule has 0 saturated carbocycles. The number of ether oxygens (including phenoxy) is 3. The summed E-state index contributed by atoms with van der Waals surface area (Å²) in [7, 11) is 1.69. The van der Waals surface area contributed by atoms with Crippen molar-refractivity contribution in [2.75, 3.05) is 20.3 Å². The Morgan fingerprint density at radius 1 is 1.24 bits per heavy atom. The van der Waals surface area contributed by atoms with Gasteiger partial charge in [-0.15, -0.1) is 0 Å². The van der Waals surface area contributed by atoms with E-state index in [0.29, 0.717) is 13.2 Å². The highest BCUT2D eigenvalue weighted by molar-refractivity contribution is 5.38. The van der Waals surface area contributed by atoms with E-state index in [-0.39, 0.29) is 0 Å². The third-order valence-electron chi connectivity index (χ3n) is 3.32. The topological polar surface area (TPSA) is 27.7 Å². The lowest BCUT2D eigenvalue weighted by molar-refractivity contribution is -0.168. The van der Waals surface area contributed by atoms with Gasteiger partial charge in [0.2, 0.25) is 0 Å². The van der Waals surface area contributed by atoms with Crippen LogP contribution in [0.3, 0.4) is 0 Å². The second-order valence-corrected chi connectivity index (χ2v) is 4.18. The molecule has 3 nitrogen and oxygen atoms in total. The lowest BCUT2D eigenvalue weighted by Gasteiger charge is -2.28. The molecule has 1 fully saturated rings. The largest absolute Gasteiger partial charge is 0.497 e. The minimum atomic E-state index is -0.544. The van der Waals surface area contributed by atoms with Gasteiger partial charge in [0, 0.05) is 12.0 Å². The highest BCUT2D eigenvalue weighted by Crippen LogP contribution is 2.37. The molecule has 0 aromatic heterocycles. The van der Waals surface area contributed by atoms with E-state index >= 15 is 0 Å². The summed E-state index contributed by atoms with van der Waals surface area (Å²) in [5.41, 5.74) is 2.37. The van der Waals surface area contributed by atoms with Gasteiger partial charge in [-0.25, -0.2) is 0 Å². The standard InChI is InChI=1S/C14H20O3/c1-4-11-10-12(15-3)6-7-13(11)14(5-2)16-8-9-17-14/h6-7,10H,4-5,8-9H2,1-3H3. The Morgan fingerprint density at radius 3 is 2.47 bits per heavy atom. The summed E-state index contributed by atoms with van der Waals surface area (Å²) in [5, 5.41) is 0. The Hall–Kier alpha value is -1.06. The van der Waals surface area contributed by atoms with Crippen molar-refractivity contribution >= 4 is 0 Å². The molecule has 0 bridgehead atoms. The average Bonchev–Trinajstić information content (AvgIpc) is 2.87. The summed E-state index contributed by atoms with van der Waals surface area (Å²) in [6.45, 7) is 5.57. The van der Waals surface area contributed by atoms with Crippen LogP contribution in [0.4, 0.5) is 0 Å². The van der Waals surface area contributed by atoms with Crippen LogP contribution < -0.4 is 4.74 Å². The van der Waals surface area contributed by atoms with Gasteiger partial charge in [0.25, 0.3) is 0 Å². The Morgan fingerprint density at radius 2 is 1.94 bits per heavy atom. The Labute approximate surface area is 103 Å². The quantitative estimate of drug-likeness (QED) is 0.804. The predicted octanol–water partition coefficient (Wildman–Crippen LogP) is 2.87. The first-order valence-corrected chi connectivity index (χ1v) is 6.21. The van der Waals surface area contributed by atoms with Gasteiger partial charge < -0.3 is 14.2 Å². The Kier molecular flexibility index (Phi) is 3.69. The Balaban J connectivity index is 2.42. The smallest absolute Gasteiger partial charge is 0.194 e. The number of methoxy groups -OCH3 is 1. The fraction of sp³-hybridized carbons (Fsp3) is 0.571. The van der Waals surface area contributed by atoms with Crippen LogP contribution in [0.2, 0.25) is 0 Å².